The number of aromatic nitrogens is 1. The van der Waals surface area contributed by atoms with Crippen LogP contribution in [0.4, 0.5) is 0 Å². The fourth-order valence-electron chi connectivity index (χ4n) is 1.47. The van der Waals surface area contributed by atoms with Crippen LogP contribution in [-0.2, 0) is 6.42 Å². The van der Waals surface area contributed by atoms with Crippen molar-refractivity contribution >= 4 is 17.6 Å². The van der Waals surface area contributed by atoms with E-state index >= 15 is 0 Å². The number of aliphatic hydroxyl groups is 1. The molecule has 1 aromatic heterocycles. The van der Waals surface area contributed by atoms with E-state index in [0.717, 1.165) is 12.0 Å². The second kappa shape index (κ2) is 6.28. The van der Waals surface area contributed by atoms with Crippen LogP contribution in [0.25, 0.3) is 0 Å². The molecule has 4 nitrogen and oxygen atoms in total. The van der Waals surface area contributed by atoms with Crippen molar-refractivity contribution in [3.63, 3.8) is 0 Å². The number of carbonyl (C=O) groups excluding carboxylic acids is 1. The highest BCUT2D eigenvalue weighted by molar-refractivity contribution is 7.07. The van der Waals surface area contributed by atoms with Gasteiger partial charge < -0.3 is 9.84 Å². The highest BCUT2D eigenvalue weighted by Gasteiger charge is 2.08. The summed E-state index contributed by atoms with van der Waals surface area (Å²) in [6.07, 6.45) is 0.675. The maximum atomic E-state index is 10.5. The van der Waals surface area contributed by atoms with Crippen molar-refractivity contribution in [2.45, 2.75) is 12.5 Å². The zero-order valence-corrected chi connectivity index (χ0v) is 10.5. The van der Waals surface area contributed by atoms with Gasteiger partial charge in [0, 0.05) is 17.4 Å². The lowest BCUT2D eigenvalue weighted by Gasteiger charge is -2.11. The summed E-state index contributed by atoms with van der Waals surface area (Å²) in [6.45, 7) is 0.206. The Kier molecular flexibility index (Phi) is 4.44. The molecule has 0 bridgehead atoms. The van der Waals surface area contributed by atoms with Crippen LogP contribution >= 0.6 is 11.3 Å². The van der Waals surface area contributed by atoms with Gasteiger partial charge in [0.2, 0.25) is 0 Å². The Morgan fingerprint density at radius 1 is 1.39 bits per heavy atom. The van der Waals surface area contributed by atoms with Crippen LogP contribution in [0.1, 0.15) is 16.1 Å². The summed E-state index contributed by atoms with van der Waals surface area (Å²) in [5.41, 5.74) is 3.21. The van der Waals surface area contributed by atoms with Crippen molar-refractivity contribution < 1.29 is 14.6 Å². The molecule has 2 aromatic rings. The minimum absolute atomic E-state index is 0.206. The second-order valence-electron chi connectivity index (χ2n) is 3.84. The van der Waals surface area contributed by atoms with Crippen LogP contribution in [0.5, 0.6) is 5.75 Å². The molecule has 0 saturated heterocycles. The molecule has 0 aliphatic rings. The first-order valence-corrected chi connectivity index (χ1v) is 6.45. The van der Waals surface area contributed by atoms with Crippen LogP contribution < -0.4 is 4.74 Å². The van der Waals surface area contributed by atoms with Gasteiger partial charge in [-0.2, -0.15) is 0 Å². The zero-order chi connectivity index (χ0) is 12.8. The molecule has 0 amide bonds. The predicted molar refractivity (Wildman–Crippen MR) is 69.1 cm³/mol. The van der Waals surface area contributed by atoms with E-state index in [-0.39, 0.29) is 6.61 Å². The molecular weight excluding hydrogens is 250 g/mol. The lowest BCUT2D eigenvalue weighted by Crippen LogP contribution is -2.20. The predicted octanol–water partition coefficient (Wildman–Crippen LogP) is 1.94. The molecule has 0 radical (unpaired) electrons. The molecule has 0 aliphatic carbocycles. The molecule has 1 unspecified atom stereocenters. The number of rotatable bonds is 6. The molecule has 1 N–H and O–H groups in total. The highest BCUT2D eigenvalue weighted by atomic mass is 32.1. The van der Waals surface area contributed by atoms with Gasteiger partial charge in [-0.15, -0.1) is 11.3 Å². The van der Waals surface area contributed by atoms with Gasteiger partial charge in [0.25, 0.3) is 0 Å². The Morgan fingerprint density at radius 3 is 2.78 bits per heavy atom. The van der Waals surface area contributed by atoms with Crippen molar-refractivity contribution in [1.29, 1.82) is 0 Å². The summed E-state index contributed by atoms with van der Waals surface area (Å²) < 4.78 is 5.43. The van der Waals surface area contributed by atoms with Gasteiger partial charge in [0.05, 0.1) is 17.3 Å². The van der Waals surface area contributed by atoms with E-state index in [1.165, 1.54) is 11.3 Å². The van der Waals surface area contributed by atoms with Gasteiger partial charge in [-0.05, 0) is 24.3 Å². The SMILES string of the molecule is O=Cc1ccc(OCC(O)Cc2cscn2)cc1. The summed E-state index contributed by atoms with van der Waals surface area (Å²) in [7, 11) is 0. The van der Waals surface area contributed by atoms with Gasteiger partial charge in [-0.25, -0.2) is 4.98 Å². The van der Waals surface area contributed by atoms with Crippen molar-refractivity contribution in [2.24, 2.45) is 0 Å². The van der Waals surface area contributed by atoms with E-state index in [2.05, 4.69) is 4.98 Å². The summed E-state index contributed by atoms with van der Waals surface area (Å²) in [5, 5.41) is 11.7. The third-order valence-electron chi connectivity index (χ3n) is 2.39. The third-order valence-corrected chi connectivity index (χ3v) is 3.02. The molecule has 0 aliphatic heterocycles. The minimum Gasteiger partial charge on any atom is -0.491 e. The summed E-state index contributed by atoms with van der Waals surface area (Å²) in [5.74, 6) is 0.637. The van der Waals surface area contributed by atoms with E-state index in [0.29, 0.717) is 17.7 Å². The number of hydrogen-bond acceptors (Lipinski definition) is 5. The number of thiazole rings is 1. The lowest BCUT2D eigenvalue weighted by atomic mass is 10.2. The summed E-state index contributed by atoms with van der Waals surface area (Å²) >= 11 is 1.50. The summed E-state index contributed by atoms with van der Waals surface area (Å²) in [6, 6.07) is 6.77. The van der Waals surface area contributed by atoms with Crippen molar-refractivity contribution in [3.8, 4) is 5.75 Å². The number of aliphatic hydroxyl groups excluding tert-OH is 1. The Morgan fingerprint density at radius 2 is 2.17 bits per heavy atom. The van der Waals surface area contributed by atoms with Crippen LogP contribution in [0.3, 0.4) is 0 Å². The average molecular weight is 263 g/mol. The number of carbonyl (C=O) groups is 1. The van der Waals surface area contributed by atoms with E-state index in [1.54, 1.807) is 29.8 Å². The molecule has 1 atom stereocenters. The largest absolute Gasteiger partial charge is 0.491 e. The zero-order valence-electron chi connectivity index (χ0n) is 9.65. The number of ether oxygens (including phenoxy) is 1. The first-order valence-electron chi connectivity index (χ1n) is 5.51. The normalized spacial score (nSPS) is 12.1. The van der Waals surface area contributed by atoms with Crippen LogP contribution in [0, 0.1) is 0 Å². The number of benzene rings is 1. The molecular formula is C13H13NO3S. The maximum absolute atomic E-state index is 10.5. The number of aldehydes is 1. The van der Waals surface area contributed by atoms with Crippen LogP contribution in [0.2, 0.25) is 0 Å². The van der Waals surface area contributed by atoms with Gasteiger partial charge in [-0.3, -0.25) is 4.79 Å². The molecule has 5 heteroatoms. The fourth-order valence-corrected chi connectivity index (χ4v) is 2.04. The standard InChI is InChI=1S/C13H13NO3S/c15-6-10-1-3-13(4-2-10)17-7-12(16)5-11-8-18-9-14-11/h1-4,6,8-9,12,16H,5,7H2. The van der Waals surface area contributed by atoms with Gasteiger partial charge in [-0.1, -0.05) is 0 Å². The van der Waals surface area contributed by atoms with Crippen molar-refractivity contribution in [3.05, 3.63) is 46.4 Å². The third kappa shape index (κ3) is 3.65. The molecule has 0 spiro atoms. The van der Waals surface area contributed by atoms with Crippen molar-refractivity contribution in [2.75, 3.05) is 6.61 Å². The highest BCUT2D eigenvalue weighted by Crippen LogP contribution is 2.12. The topological polar surface area (TPSA) is 59.4 Å². The second-order valence-corrected chi connectivity index (χ2v) is 4.55. The van der Waals surface area contributed by atoms with Gasteiger partial charge in [0.15, 0.2) is 0 Å². The first kappa shape index (κ1) is 12.7. The molecule has 0 saturated carbocycles. The van der Waals surface area contributed by atoms with E-state index in [1.807, 2.05) is 5.38 Å². The molecule has 1 heterocycles. The lowest BCUT2D eigenvalue weighted by molar-refractivity contribution is 0.107. The number of nitrogens with zero attached hydrogens (tertiary/aromatic N) is 1. The molecule has 18 heavy (non-hydrogen) atoms. The maximum Gasteiger partial charge on any atom is 0.150 e. The quantitative estimate of drug-likeness (QED) is 0.809. The molecule has 0 fully saturated rings. The first-order chi connectivity index (χ1) is 8.78. The Bertz CT molecular complexity index is 481. The fraction of sp³-hybridized carbons (Fsp3) is 0.231. The molecule has 94 valence electrons. The van der Waals surface area contributed by atoms with E-state index in [9.17, 15) is 9.90 Å². The number of hydrogen-bond donors (Lipinski definition) is 1. The van der Waals surface area contributed by atoms with E-state index < -0.39 is 6.10 Å². The molecule has 2 rings (SSSR count). The van der Waals surface area contributed by atoms with Crippen molar-refractivity contribution in [1.82, 2.24) is 4.98 Å². The Balaban J connectivity index is 1.81. The Labute approximate surface area is 109 Å². The Hall–Kier alpha value is -1.72. The van der Waals surface area contributed by atoms with Crippen LogP contribution in [0.15, 0.2) is 35.2 Å². The smallest absolute Gasteiger partial charge is 0.150 e. The summed E-state index contributed by atoms with van der Waals surface area (Å²) in [4.78, 5) is 14.6. The monoisotopic (exact) mass is 263 g/mol. The van der Waals surface area contributed by atoms with Gasteiger partial charge >= 0.3 is 0 Å². The minimum atomic E-state index is -0.585. The average Bonchev–Trinajstić information content (AvgIpc) is 2.90. The van der Waals surface area contributed by atoms with Gasteiger partial charge in [0.1, 0.15) is 18.6 Å². The molecule has 1 aromatic carbocycles. The van der Waals surface area contributed by atoms with Crippen LogP contribution in [-0.4, -0.2) is 29.1 Å². The van der Waals surface area contributed by atoms with E-state index in [4.69, 9.17) is 4.74 Å².